The molecule has 2 aromatic carbocycles. The minimum atomic E-state index is -0.185. The lowest BCUT2D eigenvalue weighted by Crippen LogP contribution is -2.32. The highest BCUT2D eigenvalue weighted by atomic mass is 35.5. The molecule has 1 aliphatic heterocycles. The van der Waals surface area contributed by atoms with Crippen LogP contribution < -0.4 is 10.5 Å². The van der Waals surface area contributed by atoms with E-state index >= 15 is 0 Å². The van der Waals surface area contributed by atoms with E-state index in [2.05, 4.69) is 41.2 Å². The molecule has 1 N–H and O–H groups in total. The van der Waals surface area contributed by atoms with Crippen LogP contribution in [0.1, 0.15) is 36.3 Å². The molecular formula is C27H27ClN4O2. The van der Waals surface area contributed by atoms with Gasteiger partial charge >= 0.3 is 0 Å². The Kier molecular flexibility index (Phi) is 6.50. The van der Waals surface area contributed by atoms with E-state index in [0.29, 0.717) is 10.8 Å². The molecule has 6 nitrogen and oxygen atoms in total. The molecule has 2 aromatic heterocycles. The summed E-state index contributed by atoms with van der Waals surface area (Å²) in [7, 11) is 0. The van der Waals surface area contributed by atoms with Crippen LogP contribution in [0.25, 0.3) is 22.5 Å². The molecule has 0 saturated heterocycles. The molecule has 0 atom stereocenters. The highest BCUT2D eigenvalue weighted by Gasteiger charge is 2.23. The fraction of sp³-hybridized carbons (Fsp3) is 0.296. The predicted octanol–water partition coefficient (Wildman–Crippen LogP) is 5.83. The first-order chi connectivity index (χ1) is 16.6. The van der Waals surface area contributed by atoms with E-state index in [1.165, 1.54) is 11.6 Å². The SMILES string of the molecule is Cc1ccc(-c2nc3c(nc2-c2ccc(Cl)cc2)CCCN3CCCCc2cc(=O)[nH]o2)cc1. The molecule has 0 unspecified atom stereocenters. The van der Waals surface area contributed by atoms with E-state index in [9.17, 15) is 4.79 Å². The lowest BCUT2D eigenvalue weighted by molar-refractivity contribution is 0.375. The fourth-order valence-corrected chi connectivity index (χ4v) is 4.54. The van der Waals surface area contributed by atoms with Crippen LogP contribution >= 0.6 is 11.6 Å². The average Bonchev–Trinajstić information content (AvgIpc) is 3.27. The number of benzene rings is 2. The Bertz CT molecular complexity index is 1330. The van der Waals surface area contributed by atoms with Crippen LogP contribution in [-0.2, 0) is 12.8 Å². The molecule has 5 rings (SSSR count). The summed E-state index contributed by atoms with van der Waals surface area (Å²) in [5.41, 5.74) is 5.92. The van der Waals surface area contributed by atoms with E-state index in [1.54, 1.807) is 0 Å². The van der Waals surface area contributed by atoms with Crippen molar-refractivity contribution in [2.75, 3.05) is 18.0 Å². The number of hydrogen-bond acceptors (Lipinski definition) is 5. The van der Waals surface area contributed by atoms with Crippen LogP contribution in [0, 0.1) is 6.92 Å². The Hall–Kier alpha value is -3.38. The van der Waals surface area contributed by atoms with Crippen molar-refractivity contribution in [2.24, 2.45) is 0 Å². The van der Waals surface area contributed by atoms with E-state index in [-0.39, 0.29) is 5.56 Å². The van der Waals surface area contributed by atoms with E-state index < -0.39 is 0 Å². The number of aromatic amines is 1. The molecule has 3 heterocycles. The normalized spacial score (nSPS) is 13.2. The number of fused-ring (bicyclic) bond motifs is 1. The molecular weight excluding hydrogens is 448 g/mol. The van der Waals surface area contributed by atoms with Gasteiger partial charge in [-0.1, -0.05) is 53.6 Å². The molecule has 34 heavy (non-hydrogen) atoms. The summed E-state index contributed by atoms with van der Waals surface area (Å²) in [6, 6.07) is 17.8. The summed E-state index contributed by atoms with van der Waals surface area (Å²) >= 11 is 6.14. The minimum absolute atomic E-state index is 0.185. The van der Waals surface area contributed by atoms with Crippen LogP contribution in [0.15, 0.2) is 63.9 Å². The molecule has 7 heteroatoms. The summed E-state index contributed by atoms with van der Waals surface area (Å²) in [6.07, 6.45) is 4.64. The van der Waals surface area contributed by atoms with E-state index in [0.717, 1.165) is 79.2 Å². The number of aromatic nitrogens is 3. The van der Waals surface area contributed by atoms with Crippen LogP contribution in [0.4, 0.5) is 5.82 Å². The molecule has 0 aliphatic carbocycles. The summed E-state index contributed by atoms with van der Waals surface area (Å²) in [6.45, 7) is 3.95. The van der Waals surface area contributed by atoms with Crippen LogP contribution in [0.3, 0.4) is 0 Å². The quantitative estimate of drug-likeness (QED) is 0.341. The molecule has 4 aromatic rings. The Morgan fingerprint density at radius 1 is 1.00 bits per heavy atom. The zero-order valence-electron chi connectivity index (χ0n) is 19.2. The van der Waals surface area contributed by atoms with Gasteiger partial charge in [0.15, 0.2) is 5.82 Å². The topological polar surface area (TPSA) is 75.0 Å². The maximum absolute atomic E-state index is 11.2. The highest BCUT2D eigenvalue weighted by Crippen LogP contribution is 2.35. The average molecular weight is 475 g/mol. The van der Waals surface area contributed by atoms with Gasteiger partial charge in [0.2, 0.25) is 0 Å². The third-order valence-electron chi connectivity index (χ3n) is 6.21. The second-order valence-corrected chi connectivity index (χ2v) is 9.23. The molecule has 0 amide bonds. The van der Waals surface area contributed by atoms with Crippen LogP contribution in [0.5, 0.6) is 0 Å². The maximum atomic E-state index is 11.2. The maximum Gasteiger partial charge on any atom is 0.280 e. The smallest absolute Gasteiger partial charge is 0.280 e. The molecule has 174 valence electrons. The van der Waals surface area contributed by atoms with Crippen molar-refractivity contribution >= 4 is 17.4 Å². The van der Waals surface area contributed by atoms with E-state index in [4.69, 9.17) is 26.1 Å². The van der Waals surface area contributed by atoms with Crippen molar-refractivity contribution in [1.82, 2.24) is 15.1 Å². The van der Waals surface area contributed by atoms with Gasteiger partial charge in [0.1, 0.15) is 5.76 Å². The molecule has 0 saturated carbocycles. The van der Waals surface area contributed by atoms with Crippen molar-refractivity contribution in [3.05, 3.63) is 87.0 Å². The van der Waals surface area contributed by atoms with Crippen LogP contribution in [0.2, 0.25) is 5.02 Å². The summed E-state index contributed by atoms with van der Waals surface area (Å²) in [5.74, 6) is 1.69. The first-order valence-electron chi connectivity index (χ1n) is 11.7. The highest BCUT2D eigenvalue weighted by molar-refractivity contribution is 6.30. The van der Waals surface area contributed by atoms with Gasteiger partial charge in [0.05, 0.1) is 17.1 Å². The number of anilines is 1. The first kappa shape index (κ1) is 22.4. The van der Waals surface area contributed by atoms with Gasteiger partial charge in [-0.15, -0.1) is 0 Å². The second kappa shape index (κ2) is 9.85. The van der Waals surface area contributed by atoms with Gasteiger partial charge in [-0.25, -0.2) is 9.97 Å². The number of aryl methyl sites for hydroxylation is 3. The Balaban J connectivity index is 1.44. The second-order valence-electron chi connectivity index (χ2n) is 8.79. The number of hydrogen-bond donors (Lipinski definition) is 1. The zero-order chi connectivity index (χ0) is 23.5. The van der Waals surface area contributed by atoms with Crippen molar-refractivity contribution in [3.8, 4) is 22.5 Å². The summed E-state index contributed by atoms with van der Waals surface area (Å²) in [4.78, 5) is 23.9. The molecule has 0 fully saturated rings. The lowest BCUT2D eigenvalue weighted by Gasteiger charge is -2.30. The van der Waals surface area contributed by atoms with Gasteiger partial charge in [0.25, 0.3) is 5.56 Å². The Labute approximate surface area is 203 Å². The number of rotatable bonds is 7. The molecule has 0 radical (unpaired) electrons. The number of nitrogens with zero attached hydrogens (tertiary/aromatic N) is 3. The number of H-pyrrole nitrogens is 1. The third-order valence-corrected chi connectivity index (χ3v) is 6.46. The van der Waals surface area contributed by atoms with Gasteiger partial charge in [-0.3, -0.25) is 4.79 Å². The third kappa shape index (κ3) is 4.92. The van der Waals surface area contributed by atoms with Crippen molar-refractivity contribution < 1.29 is 4.52 Å². The Morgan fingerprint density at radius 2 is 1.71 bits per heavy atom. The fourth-order valence-electron chi connectivity index (χ4n) is 4.41. The minimum Gasteiger partial charge on any atom is -0.384 e. The van der Waals surface area contributed by atoms with Gasteiger partial charge in [-0.2, -0.15) is 5.16 Å². The zero-order valence-corrected chi connectivity index (χ0v) is 19.9. The van der Waals surface area contributed by atoms with Gasteiger partial charge in [0, 0.05) is 41.7 Å². The van der Waals surface area contributed by atoms with Crippen molar-refractivity contribution in [3.63, 3.8) is 0 Å². The first-order valence-corrected chi connectivity index (χ1v) is 12.1. The van der Waals surface area contributed by atoms with Crippen molar-refractivity contribution in [1.29, 1.82) is 0 Å². The lowest BCUT2D eigenvalue weighted by atomic mass is 10.0. The molecule has 1 aliphatic rings. The van der Waals surface area contributed by atoms with Gasteiger partial charge < -0.3 is 9.42 Å². The monoisotopic (exact) mass is 474 g/mol. The molecule has 0 spiro atoms. The van der Waals surface area contributed by atoms with Crippen LogP contribution in [-0.4, -0.2) is 28.2 Å². The Morgan fingerprint density at radius 3 is 2.41 bits per heavy atom. The standard InChI is InChI=1S/C27H27ClN4O2/c1-18-7-9-19(10-8-18)26-25(20-11-13-21(28)14-12-20)29-23-6-4-16-32(27(23)30-26)15-3-2-5-22-17-24(33)31-34-22/h7-14,17H,2-6,15-16H2,1H3,(H,31,33). The number of halogens is 1. The number of unbranched alkanes of at least 4 members (excludes halogenated alkanes) is 1. The number of nitrogens with one attached hydrogen (secondary N) is 1. The largest absolute Gasteiger partial charge is 0.384 e. The summed E-state index contributed by atoms with van der Waals surface area (Å²) < 4.78 is 5.17. The van der Waals surface area contributed by atoms with E-state index in [1.807, 2.05) is 24.3 Å². The van der Waals surface area contributed by atoms with Gasteiger partial charge in [-0.05, 0) is 44.7 Å². The molecule has 0 bridgehead atoms. The van der Waals surface area contributed by atoms with Crippen molar-refractivity contribution in [2.45, 2.75) is 39.0 Å². The summed E-state index contributed by atoms with van der Waals surface area (Å²) in [5, 5.41) is 3.06. The predicted molar refractivity (Wildman–Crippen MR) is 135 cm³/mol.